The molecule has 0 atom stereocenters. The average Bonchev–Trinajstić information content (AvgIpc) is 2.37. The molecular weight excluding hydrogens is 288 g/mol. The first-order valence-electron chi connectivity index (χ1n) is 6.10. The van der Waals surface area contributed by atoms with E-state index in [4.69, 9.17) is 27.9 Å². The summed E-state index contributed by atoms with van der Waals surface area (Å²) < 4.78 is 19.1. The normalized spacial score (nSPS) is 12.0. The van der Waals surface area contributed by atoms with Crippen LogP contribution in [-0.2, 0) is 6.54 Å². The Balaban J connectivity index is 2.71. The average molecular weight is 306 g/mol. The molecule has 1 aromatic rings. The monoisotopic (exact) mass is 305 g/mol. The van der Waals surface area contributed by atoms with Crippen LogP contribution < -0.4 is 10.1 Å². The number of rotatable bonds is 7. The minimum atomic E-state index is -0.400. The lowest BCUT2D eigenvalue weighted by Crippen LogP contribution is -2.19. The SMILES string of the molecule is CC(C)CNCc1cccc(F)c1OC/C(Cl)=C/Cl. The molecule has 1 rings (SSSR count). The molecule has 0 radical (unpaired) electrons. The van der Waals surface area contributed by atoms with Crippen molar-refractivity contribution in [1.29, 1.82) is 0 Å². The third kappa shape index (κ3) is 5.81. The summed E-state index contributed by atoms with van der Waals surface area (Å²) in [5.41, 5.74) is 1.97. The van der Waals surface area contributed by atoms with Gasteiger partial charge in [-0.1, -0.05) is 49.2 Å². The summed E-state index contributed by atoms with van der Waals surface area (Å²) in [6.07, 6.45) is 0. The van der Waals surface area contributed by atoms with E-state index in [2.05, 4.69) is 19.2 Å². The molecule has 0 aliphatic rings. The molecule has 5 heteroatoms. The molecule has 106 valence electrons. The van der Waals surface area contributed by atoms with Gasteiger partial charge < -0.3 is 10.1 Å². The molecule has 0 spiro atoms. The van der Waals surface area contributed by atoms with Crippen molar-refractivity contribution in [3.05, 3.63) is 40.1 Å². The minimum absolute atomic E-state index is 0.0587. The molecule has 1 aromatic carbocycles. The van der Waals surface area contributed by atoms with Gasteiger partial charge in [0.2, 0.25) is 0 Å². The van der Waals surface area contributed by atoms with Gasteiger partial charge in [0.15, 0.2) is 11.6 Å². The number of hydrogen-bond donors (Lipinski definition) is 1. The zero-order valence-corrected chi connectivity index (χ0v) is 12.6. The number of hydrogen-bond acceptors (Lipinski definition) is 2. The van der Waals surface area contributed by atoms with E-state index < -0.39 is 5.82 Å². The standard InChI is InChI=1S/C14H18Cl2FNO/c1-10(2)7-18-8-11-4-3-5-13(17)14(11)19-9-12(16)6-15/h3-6,10,18H,7-9H2,1-2H3/b12-6-. The van der Waals surface area contributed by atoms with E-state index in [1.807, 2.05) is 6.07 Å². The molecule has 0 saturated heterocycles. The van der Waals surface area contributed by atoms with Crippen molar-refractivity contribution in [1.82, 2.24) is 5.32 Å². The van der Waals surface area contributed by atoms with Crippen molar-refractivity contribution in [2.45, 2.75) is 20.4 Å². The second-order valence-corrected chi connectivity index (χ2v) is 5.30. The minimum Gasteiger partial charge on any atom is -0.485 e. The second-order valence-electron chi connectivity index (χ2n) is 4.60. The van der Waals surface area contributed by atoms with Crippen LogP contribution in [0.2, 0.25) is 0 Å². The van der Waals surface area contributed by atoms with E-state index in [9.17, 15) is 4.39 Å². The lowest BCUT2D eigenvalue weighted by molar-refractivity contribution is 0.333. The predicted molar refractivity (Wildman–Crippen MR) is 78.2 cm³/mol. The smallest absolute Gasteiger partial charge is 0.165 e. The van der Waals surface area contributed by atoms with Gasteiger partial charge in [0, 0.05) is 17.6 Å². The van der Waals surface area contributed by atoms with E-state index >= 15 is 0 Å². The van der Waals surface area contributed by atoms with E-state index in [1.54, 1.807) is 6.07 Å². The highest BCUT2D eigenvalue weighted by Gasteiger charge is 2.10. The van der Waals surface area contributed by atoms with Gasteiger partial charge in [0.1, 0.15) is 6.61 Å². The van der Waals surface area contributed by atoms with Crippen LogP contribution in [0.1, 0.15) is 19.4 Å². The highest BCUT2D eigenvalue weighted by atomic mass is 35.5. The first kappa shape index (κ1) is 16.3. The Bertz CT molecular complexity index is 435. The van der Waals surface area contributed by atoms with Crippen molar-refractivity contribution >= 4 is 23.2 Å². The third-order valence-electron chi connectivity index (χ3n) is 2.39. The van der Waals surface area contributed by atoms with Gasteiger partial charge in [-0.05, 0) is 18.5 Å². The fourth-order valence-electron chi connectivity index (χ4n) is 1.52. The van der Waals surface area contributed by atoms with Crippen molar-refractivity contribution in [3.63, 3.8) is 0 Å². The van der Waals surface area contributed by atoms with Crippen LogP contribution in [0.25, 0.3) is 0 Å². The Hall–Kier alpha value is -0.770. The Morgan fingerprint density at radius 3 is 2.84 bits per heavy atom. The molecule has 0 fully saturated rings. The maximum Gasteiger partial charge on any atom is 0.165 e. The van der Waals surface area contributed by atoms with Crippen LogP contribution in [0, 0.1) is 11.7 Å². The lowest BCUT2D eigenvalue weighted by Gasteiger charge is -2.13. The van der Waals surface area contributed by atoms with Crippen LogP contribution >= 0.6 is 23.2 Å². The first-order valence-corrected chi connectivity index (χ1v) is 6.91. The highest BCUT2D eigenvalue weighted by Crippen LogP contribution is 2.23. The van der Waals surface area contributed by atoms with Crippen molar-refractivity contribution in [2.24, 2.45) is 5.92 Å². The second kappa shape index (κ2) is 8.41. The molecule has 0 heterocycles. The summed E-state index contributed by atoms with van der Waals surface area (Å²) >= 11 is 11.2. The van der Waals surface area contributed by atoms with E-state index in [1.165, 1.54) is 11.6 Å². The fourth-order valence-corrected chi connectivity index (χ4v) is 1.64. The van der Waals surface area contributed by atoms with Gasteiger partial charge in [0.25, 0.3) is 0 Å². The van der Waals surface area contributed by atoms with Crippen molar-refractivity contribution in [2.75, 3.05) is 13.2 Å². The quantitative estimate of drug-likeness (QED) is 0.812. The molecule has 0 amide bonds. The highest BCUT2D eigenvalue weighted by molar-refractivity contribution is 6.36. The molecule has 1 N–H and O–H groups in total. The Kier molecular flexibility index (Phi) is 7.21. The zero-order valence-electron chi connectivity index (χ0n) is 11.1. The lowest BCUT2D eigenvalue weighted by atomic mass is 10.1. The molecule has 0 aliphatic carbocycles. The van der Waals surface area contributed by atoms with Gasteiger partial charge in [-0.3, -0.25) is 0 Å². The fraction of sp³-hybridized carbons (Fsp3) is 0.429. The Morgan fingerprint density at radius 1 is 1.47 bits per heavy atom. The third-order valence-corrected chi connectivity index (χ3v) is 2.98. The number of halogens is 3. The van der Waals surface area contributed by atoms with Crippen LogP contribution in [0.15, 0.2) is 28.8 Å². The summed E-state index contributed by atoms with van der Waals surface area (Å²) in [6.45, 7) is 5.69. The number of para-hydroxylation sites is 1. The van der Waals surface area contributed by atoms with Gasteiger partial charge in [-0.25, -0.2) is 4.39 Å². The predicted octanol–water partition coefficient (Wildman–Crippen LogP) is 4.27. The summed E-state index contributed by atoms with van der Waals surface area (Å²) in [5, 5.41) is 3.58. The van der Waals surface area contributed by atoms with Gasteiger partial charge in [-0.15, -0.1) is 0 Å². The van der Waals surface area contributed by atoms with Crippen LogP contribution in [-0.4, -0.2) is 13.2 Å². The van der Waals surface area contributed by atoms with Gasteiger partial charge in [-0.2, -0.15) is 0 Å². The molecule has 0 aliphatic heterocycles. The molecule has 0 saturated carbocycles. The maximum absolute atomic E-state index is 13.7. The Labute approximate surface area is 123 Å². The van der Waals surface area contributed by atoms with Crippen LogP contribution in [0.5, 0.6) is 5.75 Å². The van der Waals surface area contributed by atoms with Gasteiger partial charge in [0.05, 0.1) is 5.03 Å². The van der Waals surface area contributed by atoms with Crippen molar-refractivity contribution in [3.8, 4) is 5.75 Å². The molecule has 19 heavy (non-hydrogen) atoms. The number of nitrogens with one attached hydrogen (secondary N) is 1. The molecule has 0 unspecified atom stereocenters. The number of benzene rings is 1. The maximum atomic E-state index is 13.7. The summed E-state index contributed by atoms with van der Waals surface area (Å²) in [6, 6.07) is 4.84. The van der Waals surface area contributed by atoms with Gasteiger partial charge >= 0.3 is 0 Å². The zero-order chi connectivity index (χ0) is 14.3. The summed E-state index contributed by atoms with van der Waals surface area (Å²) in [4.78, 5) is 0. The molecular formula is C14H18Cl2FNO. The van der Waals surface area contributed by atoms with Crippen molar-refractivity contribution < 1.29 is 9.13 Å². The van der Waals surface area contributed by atoms with E-state index in [0.29, 0.717) is 17.5 Å². The Morgan fingerprint density at radius 2 is 2.21 bits per heavy atom. The summed E-state index contributed by atoms with van der Waals surface area (Å²) in [7, 11) is 0. The molecule has 0 aromatic heterocycles. The van der Waals surface area contributed by atoms with E-state index in [0.717, 1.165) is 12.1 Å². The van der Waals surface area contributed by atoms with E-state index in [-0.39, 0.29) is 12.4 Å². The topological polar surface area (TPSA) is 21.3 Å². The molecule has 0 bridgehead atoms. The van der Waals surface area contributed by atoms with Crippen LogP contribution in [0.3, 0.4) is 0 Å². The first-order chi connectivity index (χ1) is 9.04. The molecule has 2 nitrogen and oxygen atoms in total. The number of ether oxygens (including phenoxy) is 1. The van der Waals surface area contributed by atoms with Crippen LogP contribution in [0.4, 0.5) is 4.39 Å². The summed E-state index contributed by atoms with van der Waals surface area (Å²) in [5.74, 6) is 0.352. The largest absolute Gasteiger partial charge is 0.485 e.